The van der Waals surface area contributed by atoms with Gasteiger partial charge in [-0.2, -0.15) is 0 Å². The molecule has 0 saturated heterocycles. The zero-order valence-electron chi connectivity index (χ0n) is 17.6. The van der Waals surface area contributed by atoms with Crippen LogP contribution >= 0.6 is 11.6 Å². The molecule has 0 spiro atoms. The highest BCUT2D eigenvalue weighted by Crippen LogP contribution is 2.34. The second-order valence-corrected chi connectivity index (χ2v) is 10.3. The van der Waals surface area contributed by atoms with Crippen LogP contribution in [0.2, 0.25) is 5.02 Å². The van der Waals surface area contributed by atoms with Crippen molar-refractivity contribution in [3.05, 3.63) is 64.8 Å². The highest BCUT2D eigenvalue weighted by molar-refractivity contribution is 7.90. The van der Waals surface area contributed by atoms with Crippen molar-refractivity contribution >= 4 is 50.6 Å². The van der Waals surface area contributed by atoms with Crippen LogP contribution in [0.15, 0.2) is 48.7 Å². The third kappa shape index (κ3) is 5.65. The van der Waals surface area contributed by atoms with Crippen LogP contribution in [0, 0.1) is 0 Å². The lowest BCUT2D eigenvalue weighted by atomic mass is 10.1. The van der Waals surface area contributed by atoms with E-state index in [9.17, 15) is 18.0 Å². The number of amides is 2. The van der Waals surface area contributed by atoms with E-state index in [1.165, 1.54) is 0 Å². The maximum atomic E-state index is 12.2. The first-order valence-corrected chi connectivity index (χ1v) is 12.4. The maximum absolute atomic E-state index is 12.2. The molecule has 3 aromatic rings. The lowest BCUT2D eigenvalue weighted by molar-refractivity contribution is -0.115. The second kappa shape index (κ2) is 9.16. The van der Waals surface area contributed by atoms with Gasteiger partial charge in [-0.05, 0) is 42.5 Å². The van der Waals surface area contributed by atoms with Crippen molar-refractivity contribution in [1.82, 2.24) is 15.3 Å². The predicted molar refractivity (Wildman–Crippen MR) is 127 cm³/mol. The summed E-state index contributed by atoms with van der Waals surface area (Å²) in [5, 5.41) is 9.01. The number of benzene rings is 2. The first-order chi connectivity index (χ1) is 15.7. The normalized spacial score (nSPS) is 12.7. The van der Waals surface area contributed by atoms with Gasteiger partial charge in [0.05, 0.1) is 23.6 Å². The summed E-state index contributed by atoms with van der Waals surface area (Å²) < 4.78 is 22.4. The Balaban J connectivity index is 1.51. The van der Waals surface area contributed by atoms with E-state index in [1.54, 1.807) is 48.7 Å². The van der Waals surface area contributed by atoms with Crippen molar-refractivity contribution in [2.24, 2.45) is 0 Å². The number of sulfone groups is 1. The van der Waals surface area contributed by atoms with Crippen molar-refractivity contribution in [3.8, 4) is 11.3 Å². The highest BCUT2D eigenvalue weighted by atomic mass is 35.5. The van der Waals surface area contributed by atoms with Gasteiger partial charge in [0.25, 0.3) is 5.91 Å². The van der Waals surface area contributed by atoms with Crippen molar-refractivity contribution < 1.29 is 18.0 Å². The standard InChI is InChI=1S/C22H20ClN5O4S/c1-33(31,32)9-8-24-21(30)13-2-5-16(6-3-13)26-22-25-12-14-10-19(29)27-18-11-15(23)4-7-17(18)20(14)28-22/h2-7,11-12H,8-10H2,1H3,(H,24,30)(H,27,29)(H,25,26,28). The molecule has 170 valence electrons. The molecule has 11 heteroatoms. The van der Waals surface area contributed by atoms with Gasteiger partial charge in [0.2, 0.25) is 11.9 Å². The maximum Gasteiger partial charge on any atom is 0.251 e. The number of hydrogen-bond acceptors (Lipinski definition) is 7. The third-order valence-corrected chi connectivity index (χ3v) is 6.07. The number of halogens is 1. The topological polar surface area (TPSA) is 130 Å². The lowest BCUT2D eigenvalue weighted by Crippen LogP contribution is -2.28. The third-order valence-electron chi connectivity index (χ3n) is 4.89. The van der Waals surface area contributed by atoms with E-state index >= 15 is 0 Å². The Morgan fingerprint density at radius 2 is 1.94 bits per heavy atom. The zero-order valence-corrected chi connectivity index (χ0v) is 19.1. The van der Waals surface area contributed by atoms with Gasteiger partial charge in [-0.25, -0.2) is 18.4 Å². The van der Waals surface area contributed by atoms with Crippen LogP contribution in [-0.2, 0) is 21.1 Å². The molecule has 0 fully saturated rings. The van der Waals surface area contributed by atoms with Gasteiger partial charge in [-0.1, -0.05) is 11.6 Å². The van der Waals surface area contributed by atoms with Crippen LogP contribution in [0.1, 0.15) is 15.9 Å². The average Bonchev–Trinajstić information content (AvgIpc) is 2.88. The summed E-state index contributed by atoms with van der Waals surface area (Å²) in [4.78, 5) is 33.3. The molecule has 0 saturated carbocycles. The number of aromatic nitrogens is 2. The highest BCUT2D eigenvalue weighted by Gasteiger charge is 2.21. The van der Waals surface area contributed by atoms with E-state index in [4.69, 9.17) is 11.6 Å². The van der Waals surface area contributed by atoms with E-state index in [0.717, 1.165) is 11.8 Å². The van der Waals surface area contributed by atoms with Crippen LogP contribution in [0.5, 0.6) is 0 Å². The second-order valence-electron chi connectivity index (χ2n) is 7.57. The van der Waals surface area contributed by atoms with Crippen LogP contribution in [0.4, 0.5) is 17.3 Å². The number of fused-ring (bicyclic) bond motifs is 3. The molecule has 1 aliphatic heterocycles. The number of rotatable bonds is 6. The molecule has 1 aromatic heterocycles. The van der Waals surface area contributed by atoms with Crippen molar-refractivity contribution in [1.29, 1.82) is 0 Å². The van der Waals surface area contributed by atoms with Gasteiger partial charge in [-0.15, -0.1) is 0 Å². The first-order valence-electron chi connectivity index (χ1n) is 9.97. The van der Waals surface area contributed by atoms with Crippen LogP contribution in [0.25, 0.3) is 11.3 Å². The molecule has 2 aromatic carbocycles. The fourth-order valence-electron chi connectivity index (χ4n) is 3.31. The summed E-state index contributed by atoms with van der Waals surface area (Å²) in [6.45, 7) is 0.0463. The first kappa shape index (κ1) is 22.7. The van der Waals surface area contributed by atoms with Gasteiger partial charge in [0.15, 0.2) is 0 Å². The smallest absolute Gasteiger partial charge is 0.251 e. The molecule has 33 heavy (non-hydrogen) atoms. The van der Waals surface area contributed by atoms with Gasteiger partial charge >= 0.3 is 0 Å². The summed E-state index contributed by atoms with van der Waals surface area (Å²) in [6.07, 6.45) is 2.87. The minimum absolute atomic E-state index is 0.0463. The number of anilines is 3. The average molecular weight is 486 g/mol. The predicted octanol–water partition coefficient (Wildman–Crippen LogP) is 2.81. The van der Waals surface area contributed by atoms with Gasteiger partial charge in [-0.3, -0.25) is 9.59 Å². The fraction of sp³-hybridized carbons (Fsp3) is 0.182. The summed E-state index contributed by atoms with van der Waals surface area (Å²) in [7, 11) is -3.14. The molecule has 9 nitrogen and oxygen atoms in total. The Morgan fingerprint density at radius 3 is 2.67 bits per heavy atom. The van der Waals surface area contributed by atoms with Gasteiger partial charge < -0.3 is 16.0 Å². The Bertz CT molecular complexity index is 1340. The molecule has 0 aliphatic carbocycles. The Hall–Kier alpha value is -3.50. The van der Waals surface area contributed by atoms with Gasteiger partial charge in [0, 0.05) is 46.4 Å². The molecule has 4 rings (SSSR count). The van der Waals surface area contributed by atoms with Crippen molar-refractivity contribution in [2.75, 3.05) is 29.2 Å². The van der Waals surface area contributed by atoms with E-state index in [0.29, 0.717) is 39.2 Å². The fourth-order valence-corrected chi connectivity index (χ4v) is 3.95. The number of carbonyl (C=O) groups excluding carboxylic acids is 2. The number of carbonyl (C=O) groups is 2. The van der Waals surface area contributed by atoms with Crippen molar-refractivity contribution in [2.45, 2.75) is 6.42 Å². The van der Waals surface area contributed by atoms with Gasteiger partial charge in [0.1, 0.15) is 9.84 Å². The molecule has 2 heterocycles. The largest absolute Gasteiger partial charge is 0.351 e. The van der Waals surface area contributed by atoms with Crippen LogP contribution in [-0.4, -0.2) is 48.8 Å². The van der Waals surface area contributed by atoms with Crippen molar-refractivity contribution in [3.63, 3.8) is 0 Å². The lowest BCUT2D eigenvalue weighted by Gasteiger charge is -2.11. The Morgan fingerprint density at radius 1 is 1.18 bits per heavy atom. The molecule has 2 amide bonds. The minimum atomic E-state index is -3.14. The monoisotopic (exact) mass is 485 g/mol. The minimum Gasteiger partial charge on any atom is -0.351 e. The molecule has 1 aliphatic rings. The summed E-state index contributed by atoms with van der Waals surface area (Å²) >= 11 is 6.07. The molecule has 0 unspecified atom stereocenters. The summed E-state index contributed by atoms with van der Waals surface area (Å²) in [5.74, 6) is -0.329. The zero-order chi connectivity index (χ0) is 23.6. The molecular weight excluding hydrogens is 466 g/mol. The van der Waals surface area contributed by atoms with Crippen LogP contribution in [0.3, 0.4) is 0 Å². The van der Waals surface area contributed by atoms with E-state index in [-0.39, 0.29) is 30.5 Å². The molecule has 0 atom stereocenters. The molecule has 3 N–H and O–H groups in total. The van der Waals surface area contributed by atoms with E-state index in [1.807, 2.05) is 0 Å². The Kier molecular flexibility index (Phi) is 6.30. The number of nitrogens with zero attached hydrogens (tertiary/aromatic N) is 2. The van der Waals surface area contributed by atoms with E-state index in [2.05, 4.69) is 25.9 Å². The van der Waals surface area contributed by atoms with Crippen LogP contribution < -0.4 is 16.0 Å². The number of nitrogens with one attached hydrogen (secondary N) is 3. The number of hydrogen-bond donors (Lipinski definition) is 3. The summed E-state index contributed by atoms with van der Waals surface area (Å²) in [5.41, 5.74) is 3.70. The quantitative estimate of drug-likeness (QED) is 0.489. The SMILES string of the molecule is CS(=O)(=O)CCNC(=O)c1ccc(Nc2ncc3c(n2)-c2ccc(Cl)cc2NC(=O)C3)cc1. The molecule has 0 bridgehead atoms. The molecular formula is C22H20ClN5O4S. The summed E-state index contributed by atoms with van der Waals surface area (Å²) in [6, 6.07) is 11.8. The van der Waals surface area contributed by atoms with E-state index < -0.39 is 9.84 Å². The Labute approximate surface area is 195 Å². The molecule has 0 radical (unpaired) electrons.